The first-order chi connectivity index (χ1) is 9.95. The molecule has 0 atom stereocenters. The summed E-state index contributed by atoms with van der Waals surface area (Å²) in [7, 11) is -2.13. The highest BCUT2D eigenvalue weighted by Gasteiger charge is 2.24. The molecule has 1 aromatic heterocycles. The smallest absolute Gasteiger partial charge is 0.246 e. The minimum Gasteiger partial charge on any atom is -0.323 e. The number of nitrogens with zero attached hydrogens (tertiary/aromatic N) is 2. The van der Waals surface area contributed by atoms with Gasteiger partial charge >= 0.3 is 0 Å². The lowest BCUT2D eigenvalue weighted by atomic mass is 10.1. The van der Waals surface area contributed by atoms with Crippen LogP contribution in [0.3, 0.4) is 0 Å². The lowest BCUT2D eigenvalue weighted by Gasteiger charge is -2.19. The Labute approximate surface area is 124 Å². The topological polar surface area (TPSA) is 88.3 Å². The molecule has 0 aliphatic heterocycles. The number of nitrogen functional groups attached to an aromatic ring is 1. The molecule has 0 unspecified atom stereocenters. The fourth-order valence-corrected chi connectivity index (χ4v) is 3.28. The second kappa shape index (κ2) is 6.21. The van der Waals surface area contributed by atoms with E-state index >= 15 is 0 Å². The number of benzene rings is 1. The van der Waals surface area contributed by atoms with E-state index in [0.29, 0.717) is 5.69 Å². The second-order valence-electron chi connectivity index (χ2n) is 4.77. The molecule has 0 aliphatic carbocycles. The Hall–Kier alpha value is -1.96. The number of anilines is 1. The van der Waals surface area contributed by atoms with Crippen molar-refractivity contribution in [2.45, 2.75) is 18.4 Å². The molecule has 2 aromatic rings. The van der Waals surface area contributed by atoms with Gasteiger partial charge in [0.05, 0.1) is 5.69 Å². The monoisotopic (exact) mass is 306 g/mol. The molecule has 0 bridgehead atoms. The third kappa shape index (κ3) is 3.38. The zero-order chi connectivity index (χ0) is 15.5. The van der Waals surface area contributed by atoms with Crippen molar-refractivity contribution in [2.75, 3.05) is 12.5 Å². The number of pyridine rings is 1. The summed E-state index contributed by atoms with van der Waals surface area (Å²) in [4.78, 5) is 3.92. The molecule has 112 valence electrons. The van der Waals surface area contributed by atoms with E-state index in [1.165, 1.54) is 29.8 Å². The first-order valence-electron chi connectivity index (χ1n) is 6.37. The van der Waals surface area contributed by atoms with Crippen LogP contribution >= 0.6 is 0 Å². The molecule has 6 nitrogen and oxygen atoms in total. The molecule has 0 aliphatic rings. The largest absolute Gasteiger partial charge is 0.323 e. The summed E-state index contributed by atoms with van der Waals surface area (Å²) in [5.74, 6) is 5.36. The SMILES string of the molecule is Cc1cccc(CN(C)S(=O)(=O)c2cnccc2NN)c1. The van der Waals surface area contributed by atoms with Crippen LogP contribution in [0, 0.1) is 6.92 Å². The second-order valence-corrected chi connectivity index (χ2v) is 6.78. The summed E-state index contributed by atoms with van der Waals surface area (Å²) < 4.78 is 26.5. The lowest BCUT2D eigenvalue weighted by Crippen LogP contribution is -2.28. The molecule has 0 amide bonds. The predicted molar refractivity (Wildman–Crippen MR) is 81.9 cm³/mol. The molecule has 0 spiro atoms. The number of aromatic nitrogens is 1. The highest BCUT2D eigenvalue weighted by Crippen LogP contribution is 2.23. The molecule has 1 heterocycles. The first-order valence-corrected chi connectivity index (χ1v) is 7.81. The van der Waals surface area contributed by atoms with Crippen molar-refractivity contribution in [1.29, 1.82) is 0 Å². The quantitative estimate of drug-likeness (QED) is 0.645. The van der Waals surface area contributed by atoms with Crippen molar-refractivity contribution in [2.24, 2.45) is 5.84 Å². The van der Waals surface area contributed by atoms with E-state index in [-0.39, 0.29) is 11.4 Å². The van der Waals surface area contributed by atoms with E-state index in [0.717, 1.165) is 11.1 Å². The number of hydrogen-bond acceptors (Lipinski definition) is 5. The lowest BCUT2D eigenvalue weighted by molar-refractivity contribution is 0.466. The fourth-order valence-electron chi connectivity index (χ4n) is 2.03. The summed E-state index contributed by atoms with van der Waals surface area (Å²) in [6.07, 6.45) is 2.77. The number of rotatable bonds is 5. The summed E-state index contributed by atoms with van der Waals surface area (Å²) in [5, 5.41) is 0. The van der Waals surface area contributed by atoms with E-state index in [9.17, 15) is 8.42 Å². The first kappa shape index (κ1) is 15.4. The van der Waals surface area contributed by atoms with Crippen LogP contribution in [-0.4, -0.2) is 24.8 Å². The van der Waals surface area contributed by atoms with Crippen LogP contribution in [0.2, 0.25) is 0 Å². The van der Waals surface area contributed by atoms with E-state index < -0.39 is 10.0 Å². The van der Waals surface area contributed by atoms with E-state index in [1.807, 2.05) is 31.2 Å². The van der Waals surface area contributed by atoms with Gasteiger partial charge in [0, 0.05) is 26.0 Å². The van der Waals surface area contributed by atoms with Gasteiger partial charge in [-0.1, -0.05) is 29.8 Å². The molecule has 2 rings (SSSR count). The molecule has 0 radical (unpaired) electrons. The summed E-state index contributed by atoms with van der Waals surface area (Å²) in [5.41, 5.74) is 4.71. The van der Waals surface area contributed by atoms with Gasteiger partial charge in [-0.05, 0) is 18.6 Å². The van der Waals surface area contributed by atoms with Crippen LogP contribution in [0.5, 0.6) is 0 Å². The fraction of sp³-hybridized carbons (Fsp3) is 0.214. The van der Waals surface area contributed by atoms with Gasteiger partial charge in [0.1, 0.15) is 4.90 Å². The third-order valence-electron chi connectivity index (χ3n) is 3.12. The molecule has 0 fully saturated rings. The Morgan fingerprint density at radius 2 is 2.10 bits per heavy atom. The third-order valence-corrected chi connectivity index (χ3v) is 4.95. The Balaban J connectivity index is 2.31. The molecule has 21 heavy (non-hydrogen) atoms. The molecule has 0 saturated heterocycles. The maximum absolute atomic E-state index is 12.6. The minimum absolute atomic E-state index is 0.0580. The Kier molecular flexibility index (Phi) is 4.56. The van der Waals surface area contributed by atoms with E-state index in [1.54, 1.807) is 0 Å². The average molecular weight is 306 g/mol. The minimum atomic E-state index is -3.66. The van der Waals surface area contributed by atoms with Crippen LogP contribution in [0.4, 0.5) is 5.69 Å². The Morgan fingerprint density at radius 3 is 2.76 bits per heavy atom. The van der Waals surface area contributed by atoms with E-state index in [4.69, 9.17) is 5.84 Å². The molecule has 3 N–H and O–H groups in total. The van der Waals surface area contributed by atoms with Gasteiger partial charge < -0.3 is 5.43 Å². The van der Waals surface area contributed by atoms with Gasteiger partial charge in [0.2, 0.25) is 10.0 Å². The number of hydrazine groups is 1. The zero-order valence-corrected chi connectivity index (χ0v) is 12.8. The van der Waals surface area contributed by atoms with Crippen molar-refractivity contribution in [3.8, 4) is 0 Å². The molecular formula is C14H18N4O2S. The number of hydrogen-bond donors (Lipinski definition) is 2. The summed E-state index contributed by atoms with van der Waals surface area (Å²) >= 11 is 0. The van der Waals surface area contributed by atoms with Gasteiger partial charge in [-0.15, -0.1) is 0 Å². The normalized spacial score (nSPS) is 11.6. The Morgan fingerprint density at radius 1 is 1.33 bits per heavy atom. The van der Waals surface area contributed by atoms with Gasteiger partial charge in [-0.25, -0.2) is 8.42 Å². The molecular weight excluding hydrogens is 288 g/mol. The Bertz CT molecular complexity index is 731. The van der Waals surface area contributed by atoms with Crippen molar-refractivity contribution in [3.63, 3.8) is 0 Å². The van der Waals surface area contributed by atoms with Crippen LogP contribution in [0.25, 0.3) is 0 Å². The van der Waals surface area contributed by atoms with Gasteiger partial charge in [0.25, 0.3) is 0 Å². The predicted octanol–water partition coefficient (Wildman–Crippen LogP) is 1.50. The maximum Gasteiger partial charge on any atom is 0.246 e. The standard InChI is InChI=1S/C14H18N4O2S/c1-11-4-3-5-12(8-11)10-18(2)21(19,20)14-9-16-7-6-13(14)17-15/h3-9H,10,15H2,1-2H3,(H,16,17). The molecule has 0 saturated carbocycles. The van der Waals surface area contributed by atoms with Crippen molar-refractivity contribution in [1.82, 2.24) is 9.29 Å². The van der Waals surface area contributed by atoms with Crippen molar-refractivity contribution >= 4 is 15.7 Å². The van der Waals surface area contributed by atoms with Crippen LogP contribution in [0.1, 0.15) is 11.1 Å². The van der Waals surface area contributed by atoms with Crippen molar-refractivity contribution < 1.29 is 8.42 Å². The zero-order valence-electron chi connectivity index (χ0n) is 11.9. The van der Waals surface area contributed by atoms with E-state index in [2.05, 4.69) is 10.4 Å². The molecule has 7 heteroatoms. The highest BCUT2D eigenvalue weighted by molar-refractivity contribution is 7.89. The summed E-state index contributed by atoms with van der Waals surface area (Å²) in [6.45, 7) is 2.25. The van der Waals surface area contributed by atoms with Crippen LogP contribution < -0.4 is 11.3 Å². The van der Waals surface area contributed by atoms with Crippen molar-refractivity contribution in [3.05, 3.63) is 53.9 Å². The number of nitrogens with one attached hydrogen (secondary N) is 1. The maximum atomic E-state index is 12.6. The van der Waals surface area contributed by atoms with Gasteiger partial charge in [0.15, 0.2) is 0 Å². The van der Waals surface area contributed by atoms with Crippen LogP contribution in [0.15, 0.2) is 47.6 Å². The average Bonchev–Trinajstić information content (AvgIpc) is 2.47. The van der Waals surface area contributed by atoms with Gasteiger partial charge in [-0.3, -0.25) is 10.8 Å². The van der Waals surface area contributed by atoms with Crippen LogP contribution in [-0.2, 0) is 16.6 Å². The number of nitrogens with two attached hydrogens (primary N) is 1. The molecule has 1 aromatic carbocycles. The number of aryl methyl sites for hydroxylation is 1. The highest BCUT2D eigenvalue weighted by atomic mass is 32.2. The summed E-state index contributed by atoms with van der Waals surface area (Å²) in [6, 6.07) is 9.24. The van der Waals surface area contributed by atoms with Gasteiger partial charge in [-0.2, -0.15) is 4.31 Å². The number of sulfonamides is 1.